The van der Waals surface area contributed by atoms with Crippen molar-refractivity contribution in [1.29, 1.82) is 0 Å². The van der Waals surface area contributed by atoms with E-state index in [-0.39, 0.29) is 17.0 Å². The highest BCUT2D eigenvalue weighted by Crippen LogP contribution is 2.39. The van der Waals surface area contributed by atoms with Gasteiger partial charge in [-0.3, -0.25) is 19.6 Å². The first-order valence-corrected chi connectivity index (χ1v) is 13.4. The zero-order valence-corrected chi connectivity index (χ0v) is 21.5. The molecule has 0 aliphatic carbocycles. The second-order valence-corrected chi connectivity index (χ2v) is 10.6. The third-order valence-electron chi connectivity index (χ3n) is 5.63. The number of aromatic amines is 1. The van der Waals surface area contributed by atoms with Gasteiger partial charge in [0.1, 0.15) is 17.8 Å². The van der Waals surface area contributed by atoms with Crippen LogP contribution in [0.2, 0.25) is 5.02 Å². The van der Waals surface area contributed by atoms with Crippen LogP contribution in [0.3, 0.4) is 0 Å². The average Bonchev–Trinajstić information content (AvgIpc) is 3.51. The summed E-state index contributed by atoms with van der Waals surface area (Å²) < 4.78 is 7.64. The van der Waals surface area contributed by atoms with Crippen LogP contribution in [0.1, 0.15) is 6.92 Å². The van der Waals surface area contributed by atoms with E-state index in [2.05, 4.69) is 56.3 Å². The lowest BCUT2D eigenvalue weighted by Gasteiger charge is -2.11. The molecule has 11 heteroatoms. The standard InChI is InChI=1S/C26H23ClN6O3S/c1-3-37(2)18-8-6-17(7-9-18)36-21-14-16(24-20(27)5-4-11-28-24)13-19-25(21)30-31-26(19)29-22-10-12-33(32-22)15-23(34)35/h3-14H,15H2,1-2H3,(H,34,35)(H2,29,30,31,32). The van der Waals surface area contributed by atoms with Gasteiger partial charge in [0.25, 0.3) is 0 Å². The Morgan fingerprint density at radius 2 is 2.05 bits per heavy atom. The van der Waals surface area contributed by atoms with Gasteiger partial charge in [0.2, 0.25) is 0 Å². The molecule has 0 radical (unpaired) electrons. The van der Waals surface area contributed by atoms with Crippen LogP contribution in [-0.2, 0) is 11.3 Å². The van der Waals surface area contributed by atoms with Crippen LogP contribution in [0.4, 0.5) is 11.6 Å². The summed E-state index contributed by atoms with van der Waals surface area (Å²) in [5, 5.41) is 27.3. The first-order chi connectivity index (χ1) is 17.9. The monoisotopic (exact) mass is 534 g/mol. The van der Waals surface area contributed by atoms with Crippen molar-refractivity contribution in [2.75, 3.05) is 11.6 Å². The number of nitrogens with one attached hydrogen (secondary N) is 2. The molecular formula is C26H23ClN6O3S. The predicted octanol–water partition coefficient (Wildman–Crippen LogP) is 6.18. The van der Waals surface area contributed by atoms with Crippen LogP contribution in [0.5, 0.6) is 11.5 Å². The lowest BCUT2D eigenvalue weighted by molar-refractivity contribution is -0.137. The van der Waals surface area contributed by atoms with Gasteiger partial charge >= 0.3 is 5.97 Å². The number of aliphatic carboxylic acids is 1. The maximum atomic E-state index is 11.0. The predicted molar refractivity (Wildman–Crippen MR) is 148 cm³/mol. The Kier molecular flexibility index (Phi) is 6.93. The SMILES string of the molecule is C/C=S(\C)c1ccc(Oc2cc(-c3ncccc3Cl)cc3c(Nc4ccn(CC(=O)O)n4)n[nH]c23)cc1. The number of rotatable bonds is 8. The molecule has 0 saturated carbocycles. The number of H-pyrrole nitrogens is 1. The molecule has 1 atom stereocenters. The smallest absolute Gasteiger partial charge is 0.325 e. The molecule has 0 aliphatic heterocycles. The number of anilines is 2. The molecule has 1 unspecified atom stereocenters. The number of aromatic nitrogens is 5. The molecule has 5 rings (SSSR count). The summed E-state index contributed by atoms with van der Waals surface area (Å²) in [6, 6.07) is 17.0. The van der Waals surface area contributed by atoms with E-state index >= 15 is 0 Å². The number of hydrogen-bond acceptors (Lipinski definition) is 6. The second-order valence-electron chi connectivity index (χ2n) is 8.09. The fourth-order valence-corrected chi connectivity index (χ4v) is 4.83. The van der Waals surface area contributed by atoms with Crippen molar-refractivity contribution in [1.82, 2.24) is 25.0 Å². The summed E-state index contributed by atoms with van der Waals surface area (Å²) in [6.07, 6.45) is 5.44. The van der Waals surface area contributed by atoms with Gasteiger partial charge in [0, 0.05) is 34.3 Å². The number of carbonyl (C=O) groups is 1. The normalized spacial score (nSPS) is 12.1. The van der Waals surface area contributed by atoms with E-state index in [0.717, 1.165) is 10.9 Å². The maximum absolute atomic E-state index is 11.0. The molecule has 9 nitrogen and oxygen atoms in total. The summed E-state index contributed by atoms with van der Waals surface area (Å²) >= 11 is 6.47. The van der Waals surface area contributed by atoms with Crippen molar-refractivity contribution in [3.05, 3.63) is 72.0 Å². The number of halogens is 1. The molecule has 0 fully saturated rings. The molecular weight excluding hydrogens is 512 g/mol. The van der Waals surface area contributed by atoms with Crippen molar-refractivity contribution >= 4 is 56.0 Å². The van der Waals surface area contributed by atoms with E-state index < -0.39 is 5.97 Å². The largest absolute Gasteiger partial charge is 0.480 e. The number of carboxylic acids is 1. The van der Waals surface area contributed by atoms with Crippen molar-refractivity contribution in [2.45, 2.75) is 18.4 Å². The van der Waals surface area contributed by atoms with Crippen molar-refractivity contribution in [3.8, 4) is 22.8 Å². The van der Waals surface area contributed by atoms with E-state index in [9.17, 15) is 4.79 Å². The maximum Gasteiger partial charge on any atom is 0.325 e. The zero-order chi connectivity index (χ0) is 25.9. The summed E-state index contributed by atoms with van der Waals surface area (Å²) in [6.45, 7) is 1.82. The first kappa shape index (κ1) is 24.5. The highest BCUT2D eigenvalue weighted by atomic mass is 35.5. The molecule has 0 spiro atoms. The third-order valence-corrected chi connectivity index (χ3v) is 7.66. The summed E-state index contributed by atoms with van der Waals surface area (Å²) in [5.41, 5.74) is 2.03. The number of carboxylic acid groups (broad SMARTS) is 1. The van der Waals surface area contributed by atoms with E-state index in [0.29, 0.717) is 39.4 Å². The van der Waals surface area contributed by atoms with Gasteiger partial charge < -0.3 is 15.2 Å². The molecule has 0 saturated heterocycles. The Hall–Kier alpha value is -4.15. The van der Waals surface area contributed by atoms with Gasteiger partial charge in [-0.1, -0.05) is 17.0 Å². The van der Waals surface area contributed by atoms with Crippen LogP contribution in [0.15, 0.2) is 71.9 Å². The minimum atomic E-state index is -0.977. The van der Waals surface area contributed by atoms with Crippen molar-refractivity contribution in [2.24, 2.45) is 0 Å². The lowest BCUT2D eigenvalue weighted by atomic mass is 10.1. The highest BCUT2D eigenvalue weighted by Gasteiger charge is 2.17. The molecule has 5 aromatic rings. The molecule has 3 N–H and O–H groups in total. The fourth-order valence-electron chi connectivity index (χ4n) is 3.76. The molecule has 188 valence electrons. The number of pyridine rings is 1. The number of hydrogen-bond donors (Lipinski definition) is 3. The third kappa shape index (κ3) is 5.35. The Labute approximate surface area is 220 Å². The molecule has 2 aromatic carbocycles. The van der Waals surface area contributed by atoms with Crippen LogP contribution in [0, 0.1) is 0 Å². The van der Waals surface area contributed by atoms with Crippen LogP contribution in [0.25, 0.3) is 22.2 Å². The first-order valence-electron chi connectivity index (χ1n) is 11.3. The Balaban J connectivity index is 1.56. The van der Waals surface area contributed by atoms with Crippen LogP contribution >= 0.6 is 22.1 Å². The highest BCUT2D eigenvalue weighted by molar-refractivity contribution is 8.14. The van der Waals surface area contributed by atoms with E-state index in [1.807, 2.05) is 24.3 Å². The minimum absolute atomic E-state index is 0.0653. The molecule has 0 amide bonds. The van der Waals surface area contributed by atoms with Crippen LogP contribution < -0.4 is 10.1 Å². The van der Waals surface area contributed by atoms with E-state index in [1.165, 1.54) is 9.58 Å². The van der Waals surface area contributed by atoms with Crippen LogP contribution in [-0.4, -0.2) is 47.7 Å². The van der Waals surface area contributed by atoms with Crippen molar-refractivity contribution < 1.29 is 14.6 Å². The summed E-state index contributed by atoms with van der Waals surface area (Å²) in [4.78, 5) is 16.7. The van der Waals surface area contributed by atoms with Gasteiger partial charge in [-0.05, 0) is 61.7 Å². The van der Waals surface area contributed by atoms with E-state index in [1.54, 1.807) is 30.6 Å². The van der Waals surface area contributed by atoms with Gasteiger partial charge in [-0.2, -0.15) is 20.7 Å². The number of benzene rings is 2. The van der Waals surface area contributed by atoms with Gasteiger partial charge in [-0.15, -0.1) is 0 Å². The Bertz CT molecular complexity index is 1630. The molecule has 3 heterocycles. The number of nitrogens with zero attached hydrogens (tertiary/aromatic N) is 4. The second kappa shape index (κ2) is 10.5. The minimum Gasteiger partial charge on any atom is -0.480 e. The molecule has 0 aliphatic rings. The Morgan fingerprint density at radius 1 is 1.24 bits per heavy atom. The molecule has 37 heavy (non-hydrogen) atoms. The zero-order valence-electron chi connectivity index (χ0n) is 20.0. The number of fused-ring (bicyclic) bond motifs is 1. The quantitative estimate of drug-likeness (QED) is 0.203. The van der Waals surface area contributed by atoms with E-state index in [4.69, 9.17) is 21.4 Å². The van der Waals surface area contributed by atoms with Crippen molar-refractivity contribution in [3.63, 3.8) is 0 Å². The molecule has 0 bridgehead atoms. The lowest BCUT2D eigenvalue weighted by Crippen LogP contribution is -2.09. The summed E-state index contributed by atoms with van der Waals surface area (Å²) in [7, 11) is 0.0653. The Morgan fingerprint density at radius 3 is 2.78 bits per heavy atom. The van der Waals surface area contributed by atoms with Gasteiger partial charge in [0.15, 0.2) is 17.4 Å². The number of ether oxygens (including phenoxy) is 1. The molecule has 3 aromatic heterocycles. The summed E-state index contributed by atoms with van der Waals surface area (Å²) in [5.74, 6) is 1.21. The topological polar surface area (TPSA) is 118 Å². The average molecular weight is 535 g/mol. The van der Waals surface area contributed by atoms with Gasteiger partial charge in [0.05, 0.1) is 10.7 Å². The fraction of sp³-hybridized carbons (Fsp3) is 0.115. The van der Waals surface area contributed by atoms with Gasteiger partial charge in [-0.25, -0.2) is 0 Å².